The van der Waals surface area contributed by atoms with Crippen LogP contribution < -0.4 is 0 Å². The second-order valence-corrected chi connectivity index (χ2v) is 5.59. The number of benzene rings is 2. The van der Waals surface area contributed by atoms with Gasteiger partial charge in [0.15, 0.2) is 4.77 Å². The van der Waals surface area contributed by atoms with Crippen LogP contribution in [0, 0.1) is 11.7 Å². The van der Waals surface area contributed by atoms with Crippen LogP contribution in [0.1, 0.15) is 5.56 Å². The maximum atomic E-state index is 6.18. The van der Waals surface area contributed by atoms with Crippen molar-refractivity contribution in [3.63, 3.8) is 0 Å². The Morgan fingerprint density at radius 1 is 1.11 bits per heavy atom. The average Bonchev–Trinajstić information content (AvgIpc) is 2.68. The van der Waals surface area contributed by atoms with Crippen molar-refractivity contribution in [3.8, 4) is 5.69 Å². The molecule has 0 aliphatic carbocycles. The highest BCUT2D eigenvalue weighted by molar-refractivity contribution is 7.71. The number of aromatic amines is 1. The van der Waals surface area contributed by atoms with Crippen molar-refractivity contribution in [2.75, 3.05) is 0 Å². The van der Waals surface area contributed by atoms with Crippen molar-refractivity contribution in [2.45, 2.75) is 6.92 Å². The molecule has 0 atom stereocenters. The van der Waals surface area contributed by atoms with Crippen molar-refractivity contribution in [1.82, 2.24) is 9.55 Å². The van der Waals surface area contributed by atoms with E-state index in [1.807, 2.05) is 47.9 Å². The fourth-order valence-electron chi connectivity index (χ4n) is 2.05. The molecular weight excluding hydrogens is 299 g/mol. The summed E-state index contributed by atoms with van der Waals surface area (Å²) >= 11 is 17.6. The number of imidazole rings is 1. The van der Waals surface area contributed by atoms with E-state index in [4.69, 9.17) is 35.4 Å². The molecular formula is C14H10Cl2N2S. The first-order chi connectivity index (χ1) is 9.06. The molecule has 0 aliphatic heterocycles. The number of rotatable bonds is 1. The number of aromatic nitrogens is 2. The lowest BCUT2D eigenvalue weighted by Gasteiger charge is -2.06. The van der Waals surface area contributed by atoms with Gasteiger partial charge in [0.05, 0.1) is 11.0 Å². The molecule has 2 aromatic carbocycles. The van der Waals surface area contributed by atoms with E-state index in [0.29, 0.717) is 9.79 Å². The molecule has 1 heterocycles. The van der Waals surface area contributed by atoms with Gasteiger partial charge >= 0.3 is 0 Å². The summed E-state index contributed by atoms with van der Waals surface area (Å²) in [5.41, 5.74) is 3.85. The first-order valence-corrected chi connectivity index (χ1v) is 6.89. The quantitative estimate of drug-likeness (QED) is 0.605. The van der Waals surface area contributed by atoms with Gasteiger partial charge in [0, 0.05) is 15.7 Å². The normalized spacial score (nSPS) is 11.1. The molecule has 19 heavy (non-hydrogen) atoms. The molecule has 0 bridgehead atoms. The monoisotopic (exact) mass is 308 g/mol. The van der Waals surface area contributed by atoms with Gasteiger partial charge in [-0.2, -0.15) is 0 Å². The zero-order valence-corrected chi connectivity index (χ0v) is 12.4. The maximum absolute atomic E-state index is 6.18. The van der Waals surface area contributed by atoms with E-state index in [2.05, 4.69) is 4.98 Å². The van der Waals surface area contributed by atoms with Crippen LogP contribution in [-0.4, -0.2) is 9.55 Å². The Labute approximate surface area is 125 Å². The lowest BCUT2D eigenvalue weighted by Crippen LogP contribution is -1.94. The number of nitrogens with one attached hydrogen (secondary N) is 1. The molecule has 0 unspecified atom stereocenters. The molecule has 0 fully saturated rings. The molecule has 2 nitrogen and oxygen atoms in total. The van der Waals surface area contributed by atoms with E-state index < -0.39 is 0 Å². The maximum Gasteiger partial charge on any atom is 0.182 e. The second-order valence-electron chi connectivity index (χ2n) is 4.36. The third-order valence-corrected chi connectivity index (χ3v) is 3.99. The van der Waals surface area contributed by atoms with Crippen LogP contribution in [0.5, 0.6) is 0 Å². The lowest BCUT2D eigenvalue weighted by molar-refractivity contribution is 1.06. The van der Waals surface area contributed by atoms with Gasteiger partial charge in [0.25, 0.3) is 0 Å². The number of fused-ring (bicyclic) bond motifs is 1. The molecule has 0 saturated heterocycles. The fourth-order valence-corrected chi connectivity index (χ4v) is 2.71. The molecule has 0 amide bonds. The third kappa shape index (κ3) is 2.18. The predicted molar refractivity (Wildman–Crippen MR) is 83.2 cm³/mol. The molecule has 5 heteroatoms. The standard InChI is InChI=1S/C14H10Cl2N2S/c1-8-2-4-10(7-11(8)16)18-13-6-9(15)3-5-12(13)17-14(18)19/h2-7H,1H3,(H,17,19). The van der Waals surface area contributed by atoms with Crippen LogP contribution >= 0.6 is 35.4 Å². The van der Waals surface area contributed by atoms with Crippen molar-refractivity contribution < 1.29 is 0 Å². The van der Waals surface area contributed by atoms with Gasteiger partial charge in [-0.3, -0.25) is 4.57 Å². The summed E-state index contributed by atoms with van der Waals surface area (Å²) in [7, 11) is 0. The highest BCUT2D eigenvalue weighted by atomic mass is 35.5. The topological polar surface area (TPSA) is 20.7 Å². The Balaban J connectivity index is 2.35. The minimum Gasteiger partial charge on any atom is -0.330 e. The summed E-state index contributed by atoms with van der Waals surface area (Å²) in [5, 5.41) is 1.39. The molecule has 0 aliphatic rings. The number of nitrogens with zero attached hydrogens (tertiary/aromatic N) is 1. The van der Waals surface area contributed by atoms with Crippen LogP contribution in [0.2, 0.25) is 10.0 Å². The number of halogens is 2. The van der Waals surface area contributed by atoms with Gasteiger partial charge < -0.3 is 4.98 Å². The number of H-pyrrole nitrogens is 1. The summed E-state index contributed by atoms with van der Waals surface area (Å²) in [6, 6.07) is 11.5. The van der Waals surface area contributed by atoms with Crippen LogP contribution in [0.25, 0.3) is 16.7 Å². The number of aryl methyl sites for hydroxylation is 1. The Kier molecular flexibility index (Phi) is 3.13. The predicted octanol–water partition coefficient (Wildman–Crippen LogP) is 5.30. The molecule has 0 saturated carbocycles. The summed E-state index contributed by atoms with van der Waals surface area (Å²) in [6.07, 6.45) is 0. The van der Waals surface area contributed by atoms with Crippen molar-refractivity contribution >= 4 is 46.5 Å². The van der Waals surface area contributed by atoms with Crippen LogP contribution in [0.3, 0.4) is 0 Å². The molecule has 3 rings (SSSR count). The Bertz CT molecular complexity index is 833. The largest absolute Gasteiger partial charge is 0.330 e. The van der Waals surface area contributed by atoms with E-state index >= 15 is 0 Å². The van der Waals surface area contributed by atoms with E-state index in [9.17, 15) is 0 Å². The molecule has 0 radical (unpaired) electrons. The highest BCUT2D eigenvalue weighted by Crippen LogP contribution is 2.25. The van der Waals surface area contributed by atoms with Gasteiger partial charge in [0.1, 0.15) is 0 Å². The van der Waals surface area contributed by atoms with Crippen LogP contribution in [0.15, 0.2) is 36.4 Å². The van der Waals surface area contributed by atoms with E-state index in [-0.39, 0.29) is 0 Å². The van der Waals surface area contributed by atoms with Crippen molar-refractivity contribution in [2.24, 2.45) is 0 Å². The number of hydrogen-bond acceptors (Lipinski definition) is 1. The zero-order valence-electron chi connectivity index (χ0n) is 10.1. The van der Waals surface area contributed by atoms with Gasteiger partial charge in [-0.25, -0.2) is 0 Å². The molecule has 1 N–H and O–H groups in total. The first kappa shape index (κ1) is 12.7. The Morgan fingerprint density at radius 3 is 2.63 bits per heavy atom. The smallest absolute Gasteiger partial charge is 0.182 e. The van der Waals surface area contributed by atoms with Gasteiger partial charge in [-0.1, -0.05) is 29.3 Å². The highest BCUT2D eigenvalue weighted by Gasteiger charge is 2.08. The fraction of sp³-hybridized carbons (Fsp3) is 0.0714. The summed E-state index contributed by atoms with van der Waals surface area (Å²) in [4.78, 5) is 3.16. The SMILES string of the molecule is Cc1ccc(-n2c(=S)[nH]c3ccc(Cl)cc32)cc1Cl. The first-order valence-electron chi connectivity index (χ1n) is 5.73. The van der Waals surface area contributed by atoms with Gasteiger partial charge in [-0.15, -0.1) is 0 Å². The van der Waals surface area contributed by atoms with Crippen molar-refractivity contribution in [3.05, 3.63) is 56.8 Å². The van der Waals surface area contributed by atoms with E-state index in [1.165, 1.54) is 0 Å². The summed E-state index contributed by atoms with van der Waals surface area (Å²) < 4.78 is 2.55. The van der Waals surface area contributed by atoms with Crippen molar-refractivity contribution in [1.29, 1.82) is 0 Å². The molecule has 3 aromatic rings. The molecule has 96 valence electrons. The minimum atomic E-state index is 0.622. The van der Waals surface area contributed by atoms with Crippen LogP contribution in [0.4, 0.5) is 0 Å². The average molecular weight is 309 g/mol. The Morgan fingerprint density at radius 2 is 1.89 bits per heavy atom. The van der Waals surface area contributed by atoms with Gasteiger partial charge in [0.2, 0.25) is 0 Å². The Hall–Kier alpha value is -1.29. The molecule has 0 spiro atoms. The van der Waals surface area contributed by atoms with E-state index in [0.717, 1.165) is 27.3 Å². The zero-order chi connectivity index (χ0) is 13.6. The van der Waals surface area contributed by atoms with E-state index in [1.54, 1.807) is 0 Å². The third-order valence-electron chi connectivity index (χ3n) is 3.06. The number of hydrogen-bond donors (Lipinski definition) is 1. The second kappa shape index (κ2) is 4.67. The lowest BCUT2D eigenvalue weighted by atomic mass is 10.2. The molecule has 1 aromatic heterocycles. The van der Waals surface area contributed by atoms with Crippen LogP contribution in [-0.2, 0) is 0 Å². The summed E-state index contributed by atoms with van der Waals surface area (Å²) in [6.45, 7) is 1.97. The minimum absolute atomic E-state index is 0.622. The summed E-state index contributed by atoms with van der Waals surface area (Å²) in [5.74, 6) is 0. The van der Waals surface area contributed by atoms with Gasteiger partial charge in [-0.05, 0) is 55.0 Å².